The van der Waals surface area contributed by atoms with E-state index in [1.807, 2.05) is 36.4 Å². The number of benzene rings is 2. The Balaban J connectivity index is 2.08. The lowest BCUT2D eigenvalue weighted by atomic mass is 10.1. The second kappa shape index (κ2) is 5.68. The van der Waals surface area contributed by atoms with Crippen LogP contribution in [0.15, 0.2) is 53.0 Å². The molecule has 20 heavy (non-hydrogen) atoms. The van der Waals surface area contributed by atoms with Crippen LogP contribution in [0.5, 0.6) is 0 Å². The Hall–Kier alpha value is -1.16. The number of rotatable bonds is 2. The van der Waals surface area contributed by atoms with Crippen LogP contribution in [0.3, 0.4) is 0 Å². The van der Waals surface area contributed by atoms with Crippen molar-refractivity contribution in [2.45, 2.75) is 6.92 Å². The van der Waals surface area contributed by atoms with Gasteiger partial charge in [-0.15, -0.1) is 11.3 Å². The highest BCUT2D eigenvalue weighted by Crippen LogP contribution is 2.34. The third kappa shape index (κ3) is 2.80. The molecule has 3 rings (SSSR count). The highest BCUT2D eigenvalue weighted by Gasteiger charge is 2.11. The zero-order chi connectivity index (χ0) is 14.1. The van der Waals surface area contributed by atoms with Gasteiger partial charge in [-0.2, -0.15) is 0 Å². The smallest absolute Gasteiger partial charge is 0.124 e. The maximum absolute atomic E-state index is 6.06. The first-order valence-electron chi connectivity index (χ1n) is 6.13. The van der Waals surface area contributed by atoms with Crippen LogP contribution in [-0.4, -0.2) is 4.98 Å². The average Bonchev–Trinajstić information content (AvgIpc) is 2.81. The predicted molar refractivity (Wildman–Crippen MR) is 90.4 cm³/mol. The molecule has 0 aliphatic carbocycles. The maximum atomic E-state index is 6.06. The summed E-state index contributed by atoms with van der Waals surface area (Å²) in [5, 5.41) is 1.76. The molecule has 0 N–H and O–H groups in total. The van der Waals surface area contributed by atoms with E-state index in [0.717, 1.165) is 31.3 Å². The van der Waals surface area contributed by atoms with Crippen molar-refractivity contribution in [1.29, 1.82) is 0 Å². The normalized spacial score (nSPS) is 10.8. The molecule has 1 aromatic heterocycles. The maximum Gasteiger partial charge on any atom is 0.124 e. The monoisotopic (exact) mass is 363 g/mol. The molecule has 0 amide bonds. The quantitative estimate of drug-likeness (QED) is 0.527. The van der Waals surface area contributed by atoms with Gasteiger partial charge in [-0.05, 0) is 31.2 Å². The molecule has 0 atom stereocenters. The molecule has 0 saturated carbocycles. The second-order valence-electron chi connectivity index (χ2n) is 4.44. The Morgan fingerprint density at radius 3 is 2.55 bits per heavy atom. The molecule has 1 heterocycles. The molecule has 3 aromatic rings. The van der Waals surface area contributed by atoms with Crippen molar-refractivity contribution >= 4 is 38.9 Å². The number of hydrogen-bond acceptors (Lipinski definition) is 2. The van der Waals surface area contributed by atoms with E-state index in [4.69, 9.17) is 16.6 Å². The van der Waals surface area contributed by atoms with E-state index in [9.17, 15) is 0 Å². The third-order valence-electron chi connectivity index (χ3n) is 2.97. The molecule has 1 nitrogen and oxygen atoms in total. The molecule has 2 aromatic carbocycles. The van der Waals surface area contributed by atoms with Crippen molar-refractivity contribution in [3.63, 3.8) is 0 Å². The van der Waals surface area contributed by atoms with Gasteiger partial charge in [0, 0.05) is 25.5 Å². The number of nitrogens with zero attached hydrogens (tertiary/aromatic N) is 1. The van der Waals surface area contributed by atoms with Crippen LogP contribution in [0.4, 0.5) is 0 Å². The van der Waals surface area contributed by atoms with Crippen molar-refractivity contribution in [2.75, 3.05) is 0 Å². The van der Waals surface area contributed by atoms with E-state index in [0.29, 0.717) is 0 Å². The Kier molecular flexibility index (Phi) is 3.92. The first kappa shape index (κ1) is 13.8. The third-order valence-corrected chi connectivity index (χ3v) is 4.71. The molecule has 0 unspecified atom stereocenters. The number of thiazole rings is 1. The van der Waals surface area contributed by atoms with Crippen LogP contribution in [0.25, 0.3) is 21.8 Å². The lowest BCUT2D eigenvalue weighted by Gasteiger charge is -1.99. The first-order chi connectivity index (χ1) is 9.63. The Bertz CT molecular complexity index is 767. The van der Waals surface area contributed by atoms with E-state index in [-0.39, 0.29) is 0 Å². The van der Waals surface area contributed by atoms with Crippen LogP contribution < -0.4 is 0 Å². The molecule has 4 heteroatoms. The lowest BCUT2D eigenvalue weighted by Crippen LogP contribution is -1.81. The largest absolute Gasteiger partial charge is 0.236 e. The van der Waals surface area contributed by atoms with Gasteiger partial charge in [-0.25, -0.2) is 4.98 Å². The SMILES string of the molecule is Cc1sc(-c2cccc(Br)c2)nc1-c1cccc(Cl)c1. The van der Waals surface area contributed by atoms with E-state index in [1.165, 1.54) is 4.88 Å². The molecule has 0 spiro atoms. The summed E-state index contributed by atoms with van der Waals surface area (Å²) in [6.45, 7) is 2.09. The average molecular weight is 365 g/mol. The molecular formula is C16H11BrClNS. The van der Waals surface area contributed by atoms with Crippen molar-refractivity contribution < 1.29 is 0 Å². The molecule has 0 aliphatic heterocycles. The zero-order valence-electron chi connectivity index (χ0n) is 10.7. The van der Waals surface area contributed by atoms with Crippen molar-refractivity contribution in [1.82, 2.24) is 4.98 Å². The Morgan fingerprint density at radius 1 is 1.05 bits per heavy atom. The van der Waals surface area contributed by atoms with Gasteiger partial charge in [0.05, 0.1) is 5.69 Å². The van der Waals surface area contributed by atoms with E-state index in [1.54, 1.807) is 11.3 Å². The standard InChI is InChI=1S/C16H11BrClNS/c1-10-15(11-4-3-7-14(18)9-11)19-16(20-10)12-5-2-6-13(17)8-12/h2-9H,1H3. The summed E-state index contributed by atoms with van der Waals surface area (Å²) in [6, 6.07) is 16.0. The second-order valence-corrected chi connectivity index (χ2v) is 7.00. The van der Waals surface area contributed by atoms with Crippen molar-refractivity contribution in [3.05, 3.63) is 62.9 Å². The zero-order valence-corrected chi connectivity index (χ0v) is 13.9. The van der Waals surface area contributed by atoms with Crippen LogP contribution >= 0.6 is 38.9 Å². The fraction of sp³-hybridized carbons (Fsp3) is 0.0625. The highest BCUT2D eigenvalue weighted by atomic mass is 79.9. The summed E-state index contributed by atoms with van der Waals surface area (Å²) in [7, 11) is 0. The fourth-order valence-electron chi connectivity index (χ4n) is 2.05. The predicted octanol–water partition coefficient (Wildman–Crippen LogP) is 6.20. The Labute approximate surface area is 135 Å². The van der Waals surface area contributed by atoms with E-state index in [2.05, 4.69) is 35.0 Å². The van der Waals surface area contributed by atoms with Gasteiger partial charge < -0.3 is 0 Å². The van der Waals surface area contributed by atoms with Crippen molar-refractivity contribution in [3.8, 4) is 21.8 Å². The summed E-state index contributed by atoms with van der Waals surface area (Å²) in [5.41, 5.74) is 3.20. The number of aryl methyl sites for hydroxylation is 1. The summed E-state index contributed by atoms with van der Waals surface area (Å²) in [6.07, 6.45) is 0. The molecular weight excluding hydrogens is 354 g/mol. The molecule has 100 valence electrons. The molecule has 0 radical (unpaired) electrons. The number of aromatic nitrogens is 1. The molecule has 0 bridgehead atoms. The van der Waals surface area contributed by atoms with Crippen LogP contribution in [0.2, 0.25) is 5.02 Å². The lowest BCUT2D eigenvalue weighted by molar-refractivity contribution is 1.37. The summed E-state index contributed by atoms with van der Waals surface area (Å²) >= 11 is 11.3. The van der Waals surface area contributed by atoms with Gasteiger partial charge in [0.1, 0.15) is 5.01 Å². The van der Waals surface area contributed by atoms with Gasteiger partial charge in [0.15, 0.2) is 0 Å². The molecule has 0 fully saturated rings. The summed E-state index contributed by atoms with van der Waals surface area (Å²) in [5.74, 6) is 0. The minimum absolute atomic E-state index is 0.735. The fourth-order valence-corrected chi connectivity index (χ4v) is 3.57. The van der Waals surface area contributed by atoms with Gasteiger partial charge in [0.25, 0.3) is 0 Å². The first-order valence-corrected chi connectivity index (χ1v) is 8.11. The van der Waals surface area contributed by atoms with Crippen LogP contribution in [0, 0.1) is 6.92 Å². The number of halogens is 2. The van der Waals surface area contributed by atoms with E-state index >= 15 is 0 Å². The van der Waals surface area contributed by atoms with Gasteiger partial charge >= 0.3 is 0 Å². The molecule has 0 aliphatic rings. The highest BCUT2D eigenvalue weighted by molar-refractivity contribution is 9.10. The van der Waals surface area contributed by atoms with Gasteiger partial charge in [0.2, 0.25) is 0 Å². The topological polar surface area (TPSA) is 12.9 Å². The van der Waals surface area contributed by atoms with Gasteiger partial charge in [-0.1, -0.05) is 51.8 Å². The summed E-state index contributed by atoms with van der Waals surface area (Å²) < 4.78 is 1.06. The van der Waals surface area contributed by atoms with Gasteiger partial charge in [-0.3, -0.25) is 0 Å². The van der Waals surface area contributed by atoms with Crippen molar-refractivity contribution in [2.24, 2.45) is 0 Å². The Morgan fingerprint density at radius 2 is 1.80 bits per heavy atom. The van der Waals surface area contributed by atoms with E-state index < -0.39 is 0 Å². The van der Waals surface area contributed by atoms with Crippen LogP contribution in [-0.2, 0) is 0 Å². The molecule has 0 saturated heterocycles. The minimum Gasteiger partial charge on any atom is -0.236 e. The minimum atomic E-state index is 0.735. The van der Waals surface area contributed by atoms with Crippen LogP contribution in [0.1, 0.15) is 4.88 Å². The summed E-state index contributed by atoms with van der Waals surface area (Å²) in [4.78, 5) is 5.97. The number of hydrogen-bond donors (Lipinski definition) is 0.